The Balaban J connectivity index is 0.000000202. The van der Waals surface area contributed by atoms with Crippen molar-refractivity contribution in [1.29, 1.82) is 0 Å². The van der Waals surface area contributed by atoms with Crippen LogP contribution in [0.3, 0.4) is 0 Å². The van der Waals surface area contributed by atoms with E-state index in [2.05, 4.69) is 15.0 Å². The van der Waals surface area contributed by atoms with E-state index in [1.807, 2.05) is 70.2 Å². The Bertz CT molecular complexity index is 3910. The molecule has 0 atom stereocenters. The third kappa shape index (κ3) is 25.0. The number of carbonyl (C=O) groups is 5. The molecule has 8 heterocycles. The number of halogens is 5. The number of ether oxygens (including phenoxy) is 14. The molecule has 0 saturated carbocycles. The summed E-state index contributed by atoms with van der Waals surface area (Å²) >= 11 is 27.5. The van der Waals surface area contributed by atoms with Crippen LogP contribution in [0.5, 0.6) is 17.2 Å². The number of benzene rings is 1. The maximum Gasteiger partial charge on any atom is 0.383 e. The van der Waals surface area contributed by atoms with Crippen LogP contribution in [0.15, 0.2) is 213 Å². The molecule has 1 aliphatic carbocycles. The van der Waals surface area contributed by atoms with Crippen molar-refractivity contribution in [3.8, 4) is 17.2 Å². The van der Waals surface area contributed by atoms with Crippen LogP contribution in [0.1, 0.15) is 74.7 Å². The molecule has 0 saturated heterocycles. The van der Waals surface area contributed by atoms with Gasteiger partial charge < -0.3 is 96.8 Å². The number of carbonyl (C=O) groups excluding carboxylic acids is 5. The number of nitrogens with one attached hydrogen (secondary N) is 1. The van der Waals surface area contributed by atoms with E-state index in [9.17, 15) is 49.5 Å². The van der Waals surface area contributed by atoms with Gasteiger partial charge >= 0.3 is 29.8 Å². The maximum absolute atomic E-state index is 11.6. The lowest BCUT2D eigenvalue weighted by Gasteiger charge is -2.07. The highest BCUT2D eigenvalue weighted by molar-refractivity contribution is 6.20. The van der Waals surface area contributed by atoms with Crippen molar-refractivity contribution in [2.24, 2.45) is 0 Å². The van der Waals surface area contributed by atoms with E-state index in [-0.39, 0.29) is 149 Å². The van der Waals surface area contributed by atoms with Crippen LogP contribution in [0.25, 0.3) is 0 Å². The van der Waals surface area contributed by atoms with Crippen molar-refractivity contribution in [2.75, 3.05) is 62.9 Å². The molecule has 0 fully saturated rings. The zero-order valence-corrected chi connectivity index (χ0v) is 60.0. The zero-order valence-electron chi connectivity index (χ0n) is 56.3. The van der Waals surface area contributed by atoms with E-state index in [0.717, 1.165) is 47.5 Å². The SMILES string of the molecule is CCCOc1c[nH]c(COC2=C(O)/C(=C\CCl)OC2=O)c1.CCCOc1ccc(COC2=C(O)/C(=C\CCl)OC2=O)cc1.CCCOc1ccc(COC2=C(O)/C(=C\CCl)OC2=O)nc1.Cc1ccc(COC2=C(O)/C(=C\CCl)OC2=O)nc1.[11CH3]OC1=CCC(COC2=C(O)/C(=C\CCl)OC2=O)=C1. The Morgan fingerprint density at radius 2 is 0.825 bits per heavy atom. The van der Waals surface area contributed by atoms with Gasteiger partial charge in [0.2, 0.25) is 28.8 Å². The fourth-order valence-electron chi connectivity index (χ4n) is 8.34. The van der Waals surface area contributed by atoms with Crippen molar-refractivity contribution >= 4 is 87.9 Å². The summed E-state index contributed by atoms with van der Waals surface area (Å²) in [6.07, 6.45) is 19.1. The monoisotopic (exact) mass is 1530 g/mol. The van der Waals surface area contributed by atoms with Crippen molar-refractivity contribution < 1.29 is 116 Å². The van der Waals surface area contributed by atoms with Gasteiger partial charge in [0.1, 0.15) is 56.0 Å². The average molecular weight is 1530 g/mol. The molecular weight excluding hydrogens is 1460 g/mol. The minimum atomic E-state index is -0.753. The Hall–Kier alpha value is -10.3. The number of aromatic amines is 1. The molecule has 6 aliphatic rings. The Kier molecular flexibility index (Phi) is 33.9. The van der Waals surface area contributed by atoms with Crippen molar-refractivity contribution in [3.63, 3.8) is 0 Å². The Labute approximate surface area is 616 Å². The van der Waals surface area contributed by atoms with Crippen molar-refractivity contribution in [2.45, 2.75) is 79.8 Å². The fourth-order valence-corrected chi connectivity index (χ4v) is 9.04. The second kappa shape index (κ2) is 42.8. The average Bonchev–Trinajstić information content (AvgIpc) is 1.72. The smallest absolute Gasteiger partial charge is 0.383 e. The van der Waals surface area contributed by atoms with E-state index in [1.165, 1.54) is 30.4 Å². The summed E-state index contributed by atoms with van der Waals surface area (Å²) in [4.78, 5) is 68.9. The molecule has 5 aliphatic heterocycles. The van der Waals surface area contributed by atoms with Gasteiger partial charge in [-0.2, -0.15) is 0 Å². The van der Waals surface area contributed by atoms with Gasteiger partial charge in [-0.3, -0.25) is 9.97 Å². The number of alkyl halides is 5. The number of rotatable bonds is 30. The molecule has 32 heteroatoms. The maximum atomic E-state index is 11.6. The highest BCUT2D eigenvalue weighted by Crippen LogP contribution is 2.31. The number of cyclic esters (lactones) is 5. The van der Waals surface area contributed by atoms with Crippen LogP contribution < -0.4 is 14.2 Å². The first-order valence-corrected chi connectivity index (χ1v) is 34.1. The number of pyridine rings is 2. The minimum absolute atomic E-state index is 0.00581. The lowest BCUT2D eigenvalue weighted by molar-refractivity contribution is -0.137. The number of allylic oxidation sites excluding steroid dienone is 7. The minimum Gasteiger partial charge on any atom is -0.501 e. The molecule has 0 spiro atoms. The Morgan fingerprint density at radius 1 is 0.456 bits per heavy atom. The van der Waals surface area contributed by atoms with E-state index in [1.54, 1.807) is 50.0 Å². The summed E-state index contributed by atoms with van der Waals surface area (Å²) in [6, 6.07) is 16.2. The quantitative estimate of drug-likeness (QED) is 0.0160. The number of hydrogen-bond acceptors (Lipinski definition) is 26. The van der Waals surface area contributed by atoms with Crippen LogP contribution >= 0.6 is 58.0 Å². The molecule has 1 aromatic carbocycles. The highest BCUT2D eigenvalue weighted by Gasteiger charge is 2.36. The predicted octanol–water partition coefficient (Wildman–Crippen LogP) is 13.7. The van der Waals surface area contributed by atoms with E-state index < -0.39 is 29.8 Å². The number of H-pyrrole nitrogens is 1. The highest BCUT2D eigenvalue weighted by atomic mass is 35.5. The summed E-state index contributed by atoms with van der Waals surface area (Å²) in [7, 11) is 1.58. The third-order valence-corrected chi connectivity index (χ3v) is 14.1. The van der Waals surface area contributed by atoms with E-state index in [0.29, 0.717) is 54.8 Å². The summed E-state index contributed by atoms with van der Waals surface area (Å²) < 4.78 is 72.0. The van der Waals surface area contributed by atoms with Crippen LogP contribution in [0.2, 0.25) is 0 Å². The summed E-state index contributed by atoms with van der Waals surface area (Å²) in [5.41, 5.74) is 4.76. The van der Waals surface area contributed by atoms with E-state index in [4.69, 9.17) is 124 Å². The number of hydrogen-bond donors (Lipinski definition) is 6. The number of methoxy groups -OCH3 is 1. The predicted molar refractivity (Wildman–Crippen MR) is 373 cm³/mol. The van der Waals surface area contributed by atoms with E-state index >= 15 is 0 Å². The van der Waals surface area contributed by atoms with Gasteiger partial charge in [-0.1, -0.05) is 39.0 Å². The van der Waals surface area contributed by atoms with Gasteiger partial charge in [0.25, 0.3) is 28.8 Å². The van der Waals surface area contributed by atoms with Gasteiger partial charge in [0.05, 0.1) is 50.2 Å². The molecule has 0 unspecified atom stereocenters. The van der Waals surface area contributed by atoms with Crippen LogP contribution in [0, 0.1) is 6.92 Å². The number of aryl methyl sites for hydroxylation is 1. The molecule has 27 nitrogen and oxygen atoms in total. The number of aliphatic hydroxyl groups is 5. The molecule has 10 rings (SSSR count). The number of nitrogens with zero attached hydrogens (tertiary/aromatic N) is 2. The van der Waals surface area contributed by atoms with Gasteiger partial charge in [-0.15, -0.1) is 58.0 Å². The standard InChI is InChI=1S/C16H17ClO5.C15H16ClNO5.C14H16ClNO5.C13H12ClNO4.C13H13ClO5/c1-2-9-20-12-5-3-11(4-6-12)10-21-15-14(18)13(7-8-17)22-16(15)19;1-2-7-20-11-4-3-10(17-8-11)9-21-14-13(18)12(5-6-16)22-15(14)19;1-2-5-19-10-6-9(16-7-10)8-20-13-12(17)11(3-4-15)21-14(13)18;1-8-2-3-9(15-6-8)7-18-12-11(16)10(4-5-14)19-13(12)17;1-17-9-3-2-8(6-9)7-18-12-11(15)10(4-5-14)19-13(12)16/h3-7,18H,2,8-10H2,1H3;3-5,8,18H,2,6-7,9H2,1H3;3,6-7,16-17H,2,4-5,8H2,1H3;2-4,6,16H,5,7H2,1H3;3-4,6,15H,2,5,7H2,1H3/b13-7+;12-5+;11-3+;2*10-4+/i;;;;1-1. The molecule has 4 aromatic rings. The molecule has 103 heavy (non-hydrogen) atoms. The first-order chi connectivity index (χ1) is 49.7. The van der Waals surface area contributed by atoms with Crippen LogP contribution in [-0.2, 0) is 103 Å². The van der Waals surface area contributed by atoms with Crippen molar-refractivity contribution in [1.82, 2.24) is 15.0 Å². The fraction of sp³-hybridized carbons (Fsp3) is 0.310. The van der Waals surface area contributed by atoms with Crippen molar-refractivity contribution in [3.05, 3.63) is 242 Å². The van der Waals surface area contributed by atoms with Crippen LogP contribution in [0.4, 0.5) is 0 Å². The van der Waals surface area contributed by atoms with Gasteiger partial charge in [0, 0.05) is 47.9 Å². The molecule has 0 radical (unpaired) electrons. The normalized spacial score (nSPS) is 17.1. The number of aliphatic hydroxyl groups excluding tert-OH is 5. The summed E-state index contributed by atoms with van der Waals surface area (Å²) in [5, 5.41) is 48.9. The largest absolute Gasteiger partial charge is 0.501 e. The molecule has 0 bridgehead atoms. The lowest BCUT2D eigenvalue weighted by Crippen LogP contribution is -2.05. The molecule has 552 valence electrons. The lowest BCUT2D eigenvalue weighted by atomic mass is 10.2. The summed E-state index contributed by atoms with van der Waals surface area (Å²) in [6.45, 7) is 10.4. The van der Waals surface area contributed by atoms with Gasteiger partial charge in [-0.25, -0.2) is 24.0 Å². The third-order valence-electron chi connectivity index (χ3n) is 13.4. The topological polar surface area (TPSA) is 357 Å². The number of aromatic nitrogens is 3. The summed E-state index contributed by atoms with van der Waals surface area (Å²) in [5.74, 6) is -2.81. The Morgan fingerprint density at radius 3 is 1.19 bits per heavy atom. The van der Waals surface area contributed by atoms with Gasteiger partial charge in [0.15, 0.2) is 28.8 Å². The first kappa shape index (κ1) is 81.6. The van der Waals surface area contributed by atoms with Crippen LogP contribution in [-0.4, -0.2) is 133 Å². The second-order valence-corrected chi connectivity index (χ2v) is 22.6. The van der Waals surface area contributed by atoms with Gasteiger partial charge in [-0.05, 0) is 122 Å². The molecular formula is C71H74Cl5N3O24. The molecule has 0 amide bonds. The zero-order chi connectivity index (χ0) is 74.8. The molecule has 6 N–H and O–H groups in total. The molecule has 3 aromatic heterocycles. The second-order valence-electron chi connectivity index (χ2n) is 21.1. The first-order valence-electron chi connectivity index (χ1n) is 31.4. The number of esters is 5.